The summed E-state index contributed by atoms with van der Waals surface area (Å²) in [6.45, 7) is 3.18. The summed E-state index contributed by atoms with van der Waals surface area (Å²) in [7, 11) is 0. The molecule has 0 fully saturated rings. The fraction of sp³-hybridized carbons (Fsp3) is 0.350. The Hall–Kier alpha value is -2.69. The van der Waals surface area contributed by atoms with Crippen molar-refractivity contribution in [2.24, 2.45) is 0 Å². The first kappa shape index (κ1) is 17.1. The molecule has 2 amide bonds. The summed E-state index contributed by atoms with van der Waals surface area (Å²) < 4.78 is 0. The molecule has 1 aromatic carbocycles. The standard InChI is InChI=1S/C20H23N3O2/c1-2-22(14-16-10-12-21-13-11-16)20(25)15-23-18-8-4-3-6-17(18)7-5-9-19(23)24/h3-4,6,8,10-13H,2,5,7,9,14-15H2,1H3. The van der Waals surface area contributed by atoms with Crippen LogP contribution in [0.1, 0.15) is 30.9 Å². The van der Waals surface area contributed by atoms with E-state index in [1.165, 1.54) is 0 Å². The lowest BCUT2D eigenvalue weighted by Gasteiger charge is -2.27. The number of carbonyl (C=O) groups is 2. The Kier molecular flexibility index (Phi) is 5.43. The lowest BCUT2D eigenvalue weighted by molar-refractivity contribution is -0.131. The number of nitrogens with zero attached hydrogens (tertiary/aromatic N) is 3. The van der Waals surface area contributed by atoms with Gasteiger partial charge in [0.25, 0.3) is 0 Å². The quantitative estimate of drug-likeness (QED) is 0.843. The predicted molar refractivity (Wildman–Crippen MR) is 97.1 cm³/mol. The number of aryl methyl sites for hydroxylation is 1. The van der Waals surface area contributed by atoms with Gasteiger partial charge in [0, 0.05) is 37.6 Å². The average Bonchev–Trinajstić information content (AvgIpc) is 2.80. The second kappa shape index (κ2) is 7.92. The number of benzene rings is 1. The van der Waals surface area contributed by atoms with E-state index in [0.29, 0.717) is 19.5 Å². The number of aromatic nitrogens is 1. The Morgan fingerprint density at radius 3 is 2.68 bits per heavy atom. The summed E-state index contributed by atoms with van der Waals surface area (Å²) in [5.74, 6) is -0.0115. The van der Waals surface area contributed by atoms with Gasteiger partial charge in [-0.25, -0.2) is 0 Å². The molecule has 0 N–H and O–H groups in total. The number of rotatable bonds is 5. The van der Waals surface area contributed by atoms with Gasteiger partial charge in [0.05, 0.1) is 0 Å². The SMILES string of the molecule is CCN(Cc1ccncc1)C(=O)CN1C(=O)CCCc2ccccc21. The van der Waals surface area contributed by atoms with Crippen molar-refractivity contribution in [3.05, 3.63) is 59.9 Å². The van der Waals surface area contributed by atoms with Gasteiger partial charge in [0.1, 0.15) is 6.54 Å². The van der Waals surface area contributed by atoms with E-state index in [0.717, 1.165) is 29.7 Å². The highest BCUT2D eigenvalue weighted by Gasteiger charge is 2.25. The molecule has 25 heavy (non-hydrogen) atoms. The molecule has 0 radical (unpaired) electrons. The molecule has 1 aromatic heterocycles. The molecule has 130 valence electrons. The molecule has 0 unspecified atom stereocenters. The molecule has 0 saturated carbocycles. The molecule has 0 bridgehead atoms. The Morgan fingerprint density at radius 2 is 1.92 bits per heavy atom. The fourth-order valence-electron chi connectivity index (χ4n) is 3.18. The molecular formula is C20H23N3O2. The van der Waals surface area contributed by atoms with Crippen LogP contribution < -0.4 is 4.90 Å². The zero-order valence-electron chi connectivity index (χ0n) is 14.5. The third kappa shape index (κ3) is 4.05. The first-order valence-corrected chi connectivity index (χ1v) is 8.74. The number of carbonyl (C=O) groups excluding carboxylic acids is 2. The van der Waals surface area contributed by atoms with E-state index in [1.807, 2.05) is 43.3 Å². The van der Waals surface area contributed by atoms with E-state index in [-0.39, 0.29) is 18.4 Å². The first-order chi connectivity index (χ1) is 12.2. The number of fused-ring (bicyclic) bond motifs is 1. The van der Waals surface area contributed by atoms with Crippen LogP contribution in [0.4, 0.5) is 5.69 Å². The van der Waals surface area contributed by atoms with Crippen molar-refractivity contribution >= 4 is 17.5 Å². The van der Waals surface area contributed by atoms with Crippen molar-refractivity contribution in [3.8, 4) is 0 Å². The molecule has 5 nitrogen and oxygen atoms in total. The summed E-state index contributed by atoms with van der Waals surface area (Å²) in [5.41, 5.74) is 3.05. The van der Waals surface area contributed by atoms with Crippen molar-refractivity contribution in [2.45, 2.75) is 32.7 Å². The predicted octanol–water partition coefficient (Wildman–Crippen LogP) is 2.80. The van der Waals surface area contributed by atoms with Gasteiger partial charge in [-0.1, -0.05) is 18.2 Å². The van der Waals surface area contributed by atoms with Crippen molar-refractivity contribution in [2.75, 3.05) is 18.0 Å². The Balaban J connectivity index is 1.77. The minimum absolute atomic E-state index is 0.0262. The maximum Gasteiger partial charge on any atom is 0.242 e. The van der Waals surface area contributed by atoms with Crippen LogP contribution in [-0.4, -0.2) is 34.8 Å². The third-order valence-electron chi connectivity index (χ3n) is 4.57. The summed E-state index contributed by atoms with van der Waals surface area (Å²) in [5, 5.41) is 0. The zero-order chi connectivity index (χ0) is 17.6. The molecule has 0 spiro atoms. The van der Waals surface area contributed by atoms with Crippen LogP contribution in [0, 0.1) is 0 Å². The van der Waals surface area contributed by atoms with Crippen LogP contribution in [0.15, 0.2) is 48.8 Å². The number of hydrogen-bond donors (Lipinski definition) is 0. The summed E-state index contributed by atoms with van der Waals surface area (Å²) in [6.07, 6.45) is 5.64. The second-order valence-corrected chi connectivity index (χ2v) is 6.23. The van der Waals surface area contributed by atoms with E-state index < -0.39 is 0 Å². The summed E-state index contributed by atoms with van der Waals surface area (Å²) in [6, 6.07) is 11.7. The van der Waals surface area contributed by atoms with Crippen molar-refractivity contribution in [1.29, 1.82) is 0 Å². The van der Waals surface area contributed by atoms with Crippen molar-refractivity contribution < 1.29 is 9.59 Å². The van der Waals surface area contributed by atoms with Gasteiger partial charge in [-0.2, -0.15) is 0 Å². The van der Waals surface area contributed by atoms with Gasteiger partial charge >= 0.3 is 0 Å². The van der Waals surface area contributed by atoms with Gasteiger partial charge in [0.2, 0.25) is 11.8 Å². The minimum atomic E-state index is -0.0376. The summed E-state index contributed by atoms with van der Waals surface area (Å²) >= 11 is 0. The number of para-hydroxylation sites is 1. The van der Waals surface area contributed by atoms with Crippen LogP contribution in [-0.2, 0) is 22.6 Å². The molecule has 0 atom stereocenters. The molecule has 2 aromatic rings. The second-order valence-electron chi connectivity index (χ2n) is 6.23. The fourth-order valence-corrected chi connectivity index (χ4v) is 3.18. The number of anilines is 1. The number of pyridine rings is 1. The zero-order valence-corrected chi connectivity index (χ0v) is 14.5. The maximum atomic E-state index is 12.8. The highest BCUT2D eigenvalue weighted by molar-refractivity contribution is 5.99. The van der Waals surface area contributed by atoms with Crippen molar-refractivity contribution in [1.82, 2.24) is 9.88 Å². The molecule has 0 aliphatic carbocycles. The van der Waals surface area contributed by atoms with Gasteiger partial charge in [-0.05, 0) is 49.1 Å². The molecule has 5 heteroatoms. The Bertz CT molecular complexity index is 746. The van der Waals surface area contributed by atoms with Crippen LogP contribution in [0.25, 0.3) is 0 Å². The molecule has 1 aliphatic heterocycles. The highest BCUT2D eigenvalue weighted by Crippen LogP contribution is 2.26. The number of likely N-dealkylation sites (N-methyl/N-ethyl adjacent to an activating group) is 1. The third-order valence-corrected chi connectivity index (χ3v) is 4.57. The molecular weight excluding hydrogens is 314 g/mol. The largest absolute Gasteiger partial charge is 0.337 e. The lowest BCUT2D eigenvalue weighted by atomic mass is 10.1. The minimum Gasteiger partial charge on any atom is -0.337 e. The van der Waals surface area contributed by atoms with Crippen molar-refractivity contribution in [3.63, 3.8) is 0 Å². The molecule has 2 heterocycles. The normalized spacial score (nSPS) is 14.0. The van der Waals surface area contributed by atoms with Gasteiger partial charge in [-0.15, -0.1) is 0 Å². The Labute approximate surface area is 148 Å². The number of amides is 2. The van der Waals surface area contributed by atoms with Crippen LogP contribution in [0.5, 0.6) is 0 Å². The van der Waals surface area contributed by atoms with Crippen LogP contribution >= 0.6 is 0 Å². The van der Waals surface area contributed by atoms with E-state index >= 15 is 0 Å². The van der Waals surface area contributed by atoms with Gasteiger partial charge < -0.3 is 9.80 Å². The number of hydrogen-bond acceptors (Lipinski definition) is 3. The first-order valence-electron chi connectivity index (χ1n) is 8.74. The molecule has 0 saturated heterocycles. The molecule has 1 aliphatic rings. The Morgan fingerprint density at radius 1 is 1.16 bits per heavy atom. The lowest BCUT2D eigenvalue weighted by Crippen LogP contribution is -2.42. The maximum absolute atomic E-state index is 12.8. The highest BCUT2D eigenvalue weighted by atomic mass is 16.2. The topological polar surface area (TPSA) is 53.5 Å². The van der Waals surface area contributed by atoms with Gasteiger partial charge in [0.15, 0.2) is 0 Å². The monoisotopic (exact) mass is 337 g/mol. The van der Waals surface area contributed by atoms with E-state index in [1.54, 1.807) is 22.2 Å². The van der Waals surface area contributed by atoms with E-state index in [9.17, 15) is 9.59 Å². The molecule has 3 rings (SSSR count). The van der Waals surface area contributed by atoms with E-state index in [2.05, 4.69) is 4.98 Å². The summed E-state index contributed by atoms with van der Waals surface area (Å²) in [4.78, 5) is 32.8. The van der Waals surface area contributed by atoms with Crippen LogP contribution in [0.3, 0.4) is 0 Å². The smallest absolute Gasteiger partial charge is 0.242 e. The average molecular weight is 337 g/mol. The van der Waals surface area contributed by atoms with Crippen LogP contribution in [0.2, 0.25) is 0 Å². The van der Waals surface area contributed by atoms with Gasteiger partial charge in [-0.3, -0.25) is 14.6 Å². The van der Waals surface area contributed by atoms with E-state index in [4.69, 9.17) is 0 Å².